The summed E-state index contributed by atoms with van der Waals surface area (Å²) in [6.45, 7) is 3.64. The van der Waals surface area contributed by atoms with E-state index in [1.54, 1.807) is 44.3 Å². The average Bonchev–Trinajstić information content (AvgIpc) is 3.87. The molecule has 3 fully saturated rings. The Balaban J connectivity index is 1.13. The van der Waals surface area contributed by atoms with Gasteiger partial charge in [-0.1, -0.05) is 40.9 Å². The molecule has 0 bridgehead atoms. The summed E-state index contributed by atoms with van der Waals surface area (Å²) in [6, 6.07) is 13.6. The number of carbonyl (C=O) groups is 4. The van der Waals surface area contributed by atoms with Gasteiger partial charge in [-0.25, -0.2) is 9.88 Å². The largest absolute Gasteiger partial charge is 0.508 e. The van der Waals surface area contributed by atoms with Crippen molar-refractivity contribution in [1.29, 1.82) is 0 Å². The molecule has 2 aliphatic carbocycles. The van der Waals surface area contributed by atoms with Gasteiger partial charge in [-0.3, -0.25) is 28.9 Å². The van der Waals surface area contributed by atoms with Gasteiger partial charge in [-0.2, -0.15) is 23.3 Å². The summed E-state index contributed by atoms with van der Waals surface area (Å²) in [5.74, 6) is -7.35. The fourth-order valence-electron chi connectivity index (χ4n) is 9.88. The number of methoxy groups -OCH3 is 1. The van der Waals surface area contributed by atoms with Crippen LogP contribution in [0.5, 0.6) is 11.5 Å². The Hall–Kier alpha value is -5.45. The first-order valence-electron chi connectivity index (χ1n) is 18.9. The molecule has 12 nitrogen and oxygen atoms in total. The number of aromatic nitrogens is 3. The SMILES string of the molecule is COc1ccc(C2C3=CCC4C(=O)N(N(C)c5nc(C(F)(F)F)ccc5Cl)C(=O)C4C3CC3C(=O)N(c4cc(-c5sc6ccc(Cl)cc6c5C)nn4C)C(=O)C32C)c(O)c1. The Bertz CT molecular complexity index is 2750. The zero-order chi connectivity index (χ0) is 42.9. The summed E-state index contributed by atoms with van der Waals surface area (Å²) in [4.78, 5) is 64.5. The second kappa shape index (κ2) is 13.8. The molecule has 1 saturated carbocycles. The average molecular weight is 880 g/mol. The number of aryl methyl sites for hydroxylation is 2. The fourth-order valence-corrected chi connectivity index (χ4v) is 11.4. The first kappa shape index (κ1) is 40.0. The summed E-state index contributed by atoms with van der Waals surface area (Å²) < 4.78 is 48.9. The number of imide groups is 2. The molecule has 0 spiro atoms. The number of allylic oxidation sites excluding steroid dienone is 2. The number of phenolic OH excluding ortho intramolecular Hbond substituents is 1. The number of rotatable bonds is 6. The smallest absolute Gasteiger partial charge is 0.433 e. The van der Waals surface area contributed by atoms with Gasteiger partial charge in [0.1, 0.15) is 28.7 Å². The summed E-state index contributed by atoms with van der Waals surface area (Å²) >= 11 is 14.1. The van der Waals surface area contributed by atoms with Gasteiger partial charge in [0, 0.05) is 47.4 Å². The number of ether oxygens (including phenoxy) is 1. The molecule has 5 aromatic rings. The van der Waals surface area contributed by atoms with Crippen LogP contribution in [0.4, 0.5) is 24.8 Å². The number of pyridine rings is 1. The third-order valence-corrected chi connectivity index (χ3v) is 14.6. The maximum absolute atomic E-state index is 15.2. The number of aromatic hydroxyl groups is 1. The van der Waals surface area contributed by atoms with Crippen molar-refractivity contribution < 1.29 is 42.2 Å². The quantitative estimate of drug-likeness (QED) is 0.132. The van der Waals surface area contributed by atoms with Gasteiger partial charge in [0.05, 0.1) is 40.2 Å². The van der Waals surface area contributed by atoms with Crippen LogP contribution in [-0.2, 0) is 32.4 Å². The van der Waals surface area contributed by atoms with Gasteiger partial charge in [-0.15, -0.1) is 11.3 Å². The molecule has 2 saturated heterocycles. The molecule has 3 aromatic heterocycles. The van der Waals surface area contributed by atoms with Crippen molar-refractivity contribution >= 4 is 79.9 Å². The van der Waals surface area contributed by atoms with E-state index < -0.39 is 76.3 Å². The van der Waals surface area contributed by atoms with E-state index in [9.17, 15) is 32.7 Å². The number of hydrogen-bond acceptors (Lipinski definition) is 10. The Labute approximate surface area is 354 Å². The van der Waals surface area contributed by atoms with E-state index >= 15 is 4.79 Å². The summed E-state index contributed by atoms with van der Waals surface area (Å²) in [6.07, 6.45) is -3.01. The monoisotopic (exact) mass is 878 g/mol. The Kier molecular flexibility index (Phi) is 9.19. The molecule has 2 aromatic carbocycles. The van der Waals surface area contributed by atoms with Gasteiger partial charge in [0.2, 0.25) is 11.8 Å². The Morgan fingerprint density at radius 1 is 1.00 bits per heavy atom. The first-order valence-corrected chi connectivity index (χ1v) is 20.5. The molecule has 1 N–H and O–H groups in total. The highest BCUT2D eigenvalue weighted by Gasteiger charge is 2.68. The van der Waals surface area contributed by atoms with Crippen molar-refractivity contribution in [1.82, 2.24) is 19.8 Å². The topological polar surface area (TPSA) is 138 Å². The van der Waals surface area contributed by atoms with Crippen molar-refractivity contribution in [3.05, 3.63) is 93.1 Å². The number of halogens is 5. The predicted octanol–water partition coefficient (Wildman–Crippen LogP) is 8.33. The minimum Gasteiger partial charge on any atom is -0.508 e. The number of benzene rings is 2. The van der Waals surface area contributed by atoms with Gasteiger partial charge in [-0.05, 0) is 80.0 Å². The van der Waals surface area contributed by atoms with Crippen LogP contribution in [0.2, 0.25) is 10.0 Å². The lowest BCUT2D eigenvalue weighted by atomic mass is 9.51. The van der Waals surface area contributed by atoms with Crippen LogP contribution in [0.1, 0.15) is 42.5 Å². The Morgan fingerprint density at radius 2 is 1.75 bits per heavy atom. The summed E-state index contributed by atoms with van der Waals surface area (Å²) in [5, 5.41) is 19.3. The highest BCUT2D eigenvalue weighted by Crippen LogP contribution is 2.64. The van der Waals surface area contributed by atoms with E-state index in [1.165, 1.54) is 36.2 Å². The molecule has 6 atom stereocenters. The third kappa shape index (κ3) is 5.70. The lowest BCUT2D eigenvalue weighted by molar-refractivity contribution is -0.141. The highest BCUT2D eigenvalue weighted by molar-refractivity contribution is 7.22. The molecule has 310 valence electrons. The van der Waals surface area contributed by atoms with E-state index in [4.69, 9.17) is 33.0 Å². The lowest BCUT2D eigenvalue weighted by Crippen LogP contribution is -2.49. The standard InChI is InChI=1S/C42H35Cl2F3N6O6S/c1-18-24-14-19(43)6-12-30(24)60-35(18)28-17-32(50(3)49-28)52-38(56)26-16-25-21(34(41(26,2)40(52)58)22-8-7-20(59-5)15-29(22)54)9-10-23-33(25)39(57)53(37(23)55)51(4)36-27(44)11-13-31(48-36)42(45,46)47/h6-9,11-15,17,23,25-26,33-34,54H,10,16H2,1-5H3. The third-order valence-electron chi connectivity index (χ3n) is 12.7. The lowest BCUT2D eigenvalue weighted by Gasteiger charge is -2.49. The van der Waals surface area contributed by atoms with Crippen LogP contribution < -0.4 is 14.6 Å². The number of hydrogen-bond donors (Lipinski definition) is 1. The van der Waals surface area contributed by atoms with Gasteiger partial charge in [0.15, 0.2) is 5.82 Å². The van der Waals surface area contributed by atoms with Gasteiger partial charge in [0.25, 0.3) is 11.8 Å². The zero-order valence-electron chi connectivity index (χ0n) is 32.5. The second-order valence-corrected chi connectivity index (χ2v) is 17.7. The molecule has 2 aliphatic heterocycles. The van der Waals surface area contributed by atoms with Crippen molar-refractivity contribution in [2.45, 2.75) is 38.8 Å². The molecule has 4 aliphatic rings. The number of thiophene rings is 1. The van der Waals surface area contributed by atoms with Crippen LogP contribution in [0.3, 0.4) is 0 Å². The van der Waals surface area contributed by atoms with Crippen molar-refractivity contribution in [3.63, 3.8) is 0 Å². The van der Waals surface area contributed by atoms with Crippen LogP contribution in [0.15, 0.2) is 66.2 Å². The molecular weight excluding hydrogens is 844 g/mol. The van der Waals surface area contributed by atoms with E-state index in [-0.39, 0.29) is 29.4 Å². The molecular formula is C42H35Cl2F3N6O6S. The molecule has 5 heterocycles. The second-order valence-electron chi connectivity index (χ2n) is 15.8. The molecule has 60 heavy (non-hydrogen) atoms. The molecule has 18 heteroatoms. The Morgan fingerprint density at radius 3 is 2.45 bits per heavy atom. The minimum atomic E-state index is -4.83. The molecule has 0 radical (unpaired) electrons. The van der Waals surface area contributed by atoms with E-state index in [2.05, 4.69) is 4.98 Å². The number of carbonyl (C=O) groups excluding carboxylic acids is 4. The number of nitrogens with zero attached hydrogens (tertiary/aromatic N) is 6. The number of alkyl halides is 3. The van der Waals surface area contributed by atoms with E-state index in [0.29, 0.717) is 33.7 Å². The number of amides is 4. The molecule has 9 rings (SSSR count). The first-order chi connectivity index (χ1) is 28.4. The van der Waals surface area contributed by atoms with Crippen LogP contribution in [0, 0.1) is 36.0 Å². The fraction of sp³-hybridized carbons (Fsp3) is 0.333. The highest BCUT2D eigenvalue weighted by atomic mass is 35.5. The zero-order valence-corrected chi connectivity index (χ0v) is 34.9. The van der Waals surface area contributed by atoms with Crippen molar-refractivity contribution in [2.75, 3.05) is 24.1 Å². The maximum Gasteiger partial charge on any atom is 0.433 e. The van der Waals surface area contributed by atoms with E-state index in [1.807, 2.05) is 19.1 Å². The maximum atomic E-state index is 15.2. The molecule has 4 amide bonds. The van der Waals surface area contributed by atoms with Gasteiger partial charge >= 0.3 is 6.18 Å². The van der Waals surface area contributed by atoms with Crippen LogP contribution >= 0.6 is 34.5 Å². The van der Waals surface area contributed by atoms with Crippen LogP contribution in [-0.4, -0.2) is 62.7 Å². The van der Waals surface area contributed by atoms with Crippen LogP contribution in [0.25, 0.3) is 20.7 Å². The number of fused-ring (bicyclic) bond motifs is 5. The van der Waals surface area contributed by atoms with Crippen molar-refractivity contribution in [2.24, 2.45) is 36.1 Å². The summed E-state index contributed by atoms with van der Waals surface area (Å²) in [5.41, 5.74) is -0.377. The molecule has 6 unspecified atom stereocenters. The number of hydrazine groups is 1. The van der Waals surface area contributed by atoms with Crippen molar-refractivity contribution in [3.8, 4) is 22.1 Å². The van der Waals surface area contributed by atoms with Gasteiger partial charge < -0.3 is 9.84 Å². The summed E-state index contributed by atoms with van der Waals surface area (Å²) in [7, 11) is 4.32. The normalized spacial score (nSPS) is 25.2. The van der Waals surface area contributed by atoms with E-state index in [0.717, 1.165) is 41.5 Å². The number of phenols is 1. The minimum absolute atomic E-state index is 0.0159. The number of anilines is 2. The predicted molar refractivity (Wildman–Crippen MR) is 218 cm³/mol.